The van der Waals surface area contributed by atoms with Crippen molar-refractivity contribution in [1.29, 1.82) is 0 Å². The molecule has 1 aromatic heterocycles. The number of nitrogens with zero attached hydrogens (tertiary/aromatic N) is 2. The molecule has 4 rings (SSSR count). The zero-order valence-corrected chi connectivity index (χ0v) is 13.9. The van der Waals surface area contributed by atoms with E-state index in [-0.39, 0.29) is 18.4 Å². The van der Waals surface area contributed by atoms with Crippen LogP contribution in [-0.2, 0) is 17.6 Å². The van der Waals surface area contributed by atoms with Crippen molar-refractivity contribution in [3.05, 3.63) is 52.9 Å². The lowest BCUT2D eigenvalue weighted by Gasteiger charge is -2.16. The van der Waals surface area contributed by atoms with E-state index in [1.54, 1.807) is 4.90 Å². The molecule has 2 unspecified atom stereocenters. The van der Waals surface area contributed by atoms with E-state index in [0.29, 0.717) is 12.2 Å². The number of aliphatic carboxylic acids is 1. The van der Waals surface area contributed by atoms with E-state index in [1.807, 2.05) is 30.3 Å². The van der Waals surface area contributed by atoms with Gasteiger partial charge in [0.1, 0.15) is 5.76 Å². The molecule has 6 nitrogen and oxygen atoms in total. The van der Waals surface area contributed by atoms with Crippen molar-refractivity contribution in [2.45, 2.75) is 31.6 Å². The molecule has 2 aliphatic rings. The first-order chi connectivity index (χ1) is 12.1. The lowest BCUT2D eigenvalue weighted by molar-refractivity contribution is -0.141. The molecule has 1 amide bonds. The molecule has 2 aromatic rings. The monoisotopic (exact) mass is 340 g/mol. The van der Waals surface area contributed by atoms with Gasteiger partial charge < -0.3 is 14.5 Å². The second-order valence-corrected chi connectivity index (χ2v) is 6.81. The fraction of sp³-hybridized carbons (Fsp3) is 0.421. The zero-order valence-electron chi connectivity index (χ0n) is 13.9. The van der Waals surface area contributed by atoms with E-state index in [4.69, 9.17) is 4.52 Å². The first kappa shape index (κ1) is 15.9. The van der Waals surface area contributed by atoms with Crippen molar-refractivity contribution < 1.29 is 19.2 Å². The minimum atomic E-state index is -0.869. The number of hydrogen-bond acceptors (Lipinski definition) is 4. The van der Waals surface area contributed by atoms with Crippen molar-refractivity contribution in [3.8, 4) is 0 Å². The quantitative estimate of drug-likeness (QED) is 0.928. The molecule has 0 bridgehead atoms. The Balaban J connectivity index is 1.60. The fourth-order valence-corrected chi connectivity index (χ4v) is 3.96. The average molecular weight is 340 g/mol. The molecular formula is C19H20N2O4. The second-order valence-electron chi connectivity index (χ2n) is 6.81. The van der Waals surface area contributed by atoms with Gasteiger partial charge in [0.05, 0.1) is 5.92 Å². The Kier molecular flexibility index (Phi) is 4.03. The molecule has 25 heavy (non-hydrogen) atoms. The summed E-state index contributed by atoms with van der Waals surface area (Å²) < 4.78 is 5.34. The lowest BCUT2D eigenvalue weighted by Crippen LogP contribution is -2.31. The van der Waals surface area contributed by atoms with Gasteiger partial charge in [0.2, 0.25) is 0 Å². The number of benzene rings is 1. The number of amides is 1. The summed E-state index contributed by atoms with van der Waals surface area (Å²) in [6, 6.07) is 9.54. The van der Waals surface area contributed by atoms with Crippen LogP contribution < -0.4 is 0 Å². The number of fused-ring (bicyclic) bond motifs is 1. The molecule has 0 spiro atoms. The van der Waals surface area contributed by atoms with E-state index in [1.165, 1.54) is 0 Å². The molecule has 1 fully saturated rings. The Bertz CT molecular complexity index is 799. The highest BCUT2D eigenvalue weighted by Crippen LogP contribution is 2.34. The van der Waals surface area contributed by atoms with Crippen LogP contribution in [0, 0.1) is 5.92 Å². The van der Waals surface area contributed by atoms with Gasteiger partial charge in [0.25, 0.3) is 5.91 Å². The summed E-state index contributed by atoms with van der Waals surface area (Å²) in [6.07, 6.45) is 3.70. The van der Waals surface area contributed by atoms with Gasteiger partial charge in [-0.2, -0.15) is 0 Å². The Hall–Kier alpha value is -2.63. The summed E-state index contributed by atoms with van der Waals surface area (Å²) in [5.74, 6) is -1.08. The van der Waals surface area contributed by atoms with Crippen LogP contribution in [0.3, 0.4) is 0 Å². The van der Waals surface area contributed by atoms with Gasteiger partial charge in [0, 0.05) is 31.0 Å². The predicted molar refractivity (Wildman–Crippen MR) is 89.4 cm³/mol. The van der Waals surface area contributed by atoms with Crippen LogP contribution in [-0.4, -0.2) is 40.1 Å². The molecule has 1 N–H and O–H groups in total. The summed E-state index contributed by atoms with van der Waals surface area (Å²) in [7, 11) is 0. The highest BCUT2D eigenvalue weighted by molar-refractivity contribution is 5.94. The topological polar surface area (TPSA) is 83.6 Å². The Labute approximate surface area is 145 Å². The SMILES string of the molecule is O=C(O)C1CN(C(=O)c2noc3c2CCCC3)CC1c1ccccc1. The third-order valence-corrected chi connectivity index (χ3v) is 5.30. The van der Waals surface area contributed by atoms with Crippen molar-refractivity contribution in [3.63, 3.8) is 0 Å². The maximum Gasteiger partial charge on any atom is 0.308 e. The number of carboxylic acid groups (broad SMARTS) is 1. The van der Waals surface area contributed by atoms with E-state index >= 15 is 0 Å². The minimum absolute atomic E-state index is 0.203. The second kappa shape index (κ2) is 6.35. The number of aromatic nitrogens is 1. The van der Waals surface area contributed by atoms with Gasteiger partial charge in [-0.3, -0.25) is 9.59 Å². The van der Waals surface area contributed by atoms with Crippen molar-refractivity contribution in [1.82, 2.24) is 10.1 Å². The predicted octanol–water partition coefficient (Wildman–Crippen LogP) is 2.49. The Morgan fingerprint density at radius 3 is 2.64 bits per heavy atom. The fourth-order valence-electron chi connectivity index (χ4n) is 3.96. The molecule has 130 valence electrons. The van der Waals surface area contributed by atoms with Gasteiger partial charge in [-0.05, 0) is 24.8 Å². The average Bonchev–Trinajstić information content (AvgIpc) is 3.27. The zero-order chi connectivity index (χ0) is 17.4. The van der Waals surface area contributed by atoms with Gasteiger partial charge in [-0.1, -0.05) is 35.5 Å². The van der Waals surface area contributed by atoms with Crippen molar-refractivity contribution in [2.24, 2.45) is 5.92 Å². The van der Waals surface area contributed by atoms with Gasteiger partial charge >= 0.3 is 5.97 Å². The number of carbonyl (C=O) groups excluding carboxylic acids is 1. The summed E-state index contributed by atoms with van der Waals surface area (Å²) >= 11 is 0. The Morgan fingerprint density at radius 1 is 1.12 bits per heavy atom. The normalized spacial score (nSPS) is 22.6. The number of aryl methyl sites for hydroxylation is 1. The molecule has 0 radical (unpaired) electrons. The molecule has 1 aromatic carbocycles. The first-order valence-corrected chi connectivity index (χ1v) is 8.69. The van der Waals surface area contributed by atoms with Crippen LogP contribution in [0.15, 0.2) is 34.9 Å². The molecule has 0 saturated carbocycles. The highest BCUT2D eigenvalue weighted by atomic mass is 16.5. The summed E-state index contributed by atoms with van der Waals surface area (Å²) in [5.41, 5.74) is 2.23. The minimum Gasteiger partial charge on any atom is -0.481 e. The van der Waals surface area contributed by atoms with Gasteiger partial charge in [-0.25, -0.2) is 0 Å². The van der Waals surface area contributed by atoms with Crippen LogP contribution in [0.2, 0.25) is 0 Å². The molecular weight excluding hydrogens is 320 g/mol. The van der Waals surface area contributed by atoms with E-state index in [0.717, 1.165) is 42.6 Å². The van der Waals surface area contributed by atoms with Crippen LogP contribution in [0.4, 0.5) is 0 Å². The first-order valence-electron chi connectivity index (χ1n) is 8.69. The van der Waals surface area contributed by atoms with E-state index in [2.05, 4.69) is 5.16 Å². The van der Waals surface area contributed by atoms with Crippen LogP contribution >= 0.6 is 0 Å². The molecule has 1 aliphatic carbocycles. The van der Waals surface area contributed by atoms with Crippen LogP contribution in [0.5, 0.6) is 0 Å². The molecule has 2 heterocycles. The smallest absolute Gasteiger partial charge is 0.308 e. The largest absolute Gasteiger partial charge is 0.481 e. The lowest BCUT2D eigenvalue weighted by atomic mass is 9.89. The standard InChI is InChI=1S/C19H20N2O4/c22-18(17-13-8-4-5-9-16(13)25-20-17)21-10-14(15(11-21)19(23)24)12-6-2-1-3-7-12/h1-3,6-7,14-15H,4-5,8-11H2,(H,23,24). The van der Waals surface area contributed by atoms with Crippen molar-refractivity contribution in [2.75, 3.05) is 13.1 Å². The molecule has 2 atom stereocenters. The molecule has 1 saturated heterocycles. The molecule has 6 heteroatoms. The summed E-state index contributed by atoms with van der Waals surface area (Å²) in [4.78, 5) is 26.3. The number of hydrogen-bond donors (Lipinski definition) is 1. The number of carboxylic acids is 1. The van der Waals surface area contributed by atoms with Crippen LogP contribution in [0.25, 0.3) is 0 Å². The van der Waals surface area contributed by atoms with Crippen molar-refractivity contribution >= 4 is 11.9 Å². The Morgan fingerprint density at radius 2 is 1.88 bits per heavy atom. The highest BCUT2D eigenvalue weighted by Gasteiger charge is 2.42. The third kappa shape index (κ3) is 2.81. The van der Waals surface area contributed by atoms with Gasteiger partial charge in [0.15, 0.2) is 5.69 Å². The maximum atomic E-state index is 12.9. The molecule has 1 aliphatic heterocycles. The maximum absolute atomic E-state index is 12.9. The summed E-state index contributed by atoms with van der Waals surface area (Å²) in [5, 5.41) is 13.6. The van der Waals surface area contributed by atoms with Gasteiger partial charge in [-0.15, -0.1) is 0 Å². The van der Waals surface area contributed by atoms with E-state index in [9.17, 15) is 14.7 Å². The number of rotatable bonds is 3. The third-order valence-electron chi connectivity index (χ3n) is 5.30. The number of likely N-dealkylation sites (tertiary alicyclic amines) is 1. The number of carbonyl (C=O) groups is 2. The van der Waals surface area contributed by atoms with Crippen LogP contribution in [0.1, 0.15) is 46.1 Å². The van der Waals surface area contributed by atoms with E-state index < -0.39 is 11.9 Å². The summed E-state index contributed by atoms with van der Waals surface area (Å²) in [6.45, 7) is 0.594.